The third kappa shape index (κ3) is 2.43. The van der Waals surface area contributed by atoms with Gasteiger partial charge in [0.15, 0.2) is 0 Å². The second-order valence-electron chi connectivity index (χ2n) is 6.40. The first-order valence-corrected chi connectivity index (χ1v) is 6.53. The summed E-state index contributed by atoms with van der Waals surface area (Å²) >= 11 is 0. The molecule has 1 N–H and O–H groups in total. The van der Waals surface area contributed by atoms with E-state index in [1.54, 1.807) is 6.20 Å². The highest BCUT2D eigenvalue weighted by molar-refractivity contribution is 5.23. The predicted molar refractivity (Wildman–Crippen MR) is 71.3 cm³/mol. The summed E-state index contributed by atoms with van der Waals surface area (Å²) in [6, 6.07) is 3.83. The van der Waals surface area contributed by atoms with Crippen LogP contribution in [0.1, 0.15) is 51.5 Å². The van der Waals surface area contributed by atoms with E-state index in [1.807, 2.05) is 19.1 Å². The van der Waals surface area contributed by atoms with Gasteiger partial charge in [-0.1, -0.05) is 6.07 Å². The zero-order valence-electron chi connectivity index (χ0n) is 11.9. The van der Waals surface area contributed by atoms with Crippen molar-refractivity contribution in [2.75, 3.05) is 0 Å². The number of aliphatic hydroxyl groups is 1. The molecule has 3 heteroatoms. The lowest BCUT2D eigenvalue weighted by atomic mass is 9.80. The Balaban J connectivity index is 2.30. The molecule has 0 aliphatic carbocycles. The Morgan fingerprint density at radius 3 is 2.56 bits per heavy atom. The molecule has 0 aromatic carbocycles. The fourth-order valence-electron chi connectivity index (χ4n) is 3.12. The van der Waals surface area contributed by atoms with Crippen LogP contribution in [0.15, 0.2) is 18.3 Å². The van der Waals surface area contributed by atoms with E-state index < -0.39 is 6.10 Å². The first-order valence-electron chi connectivity index (χ1n) is 6.53. The Kier molecular flexibility index (Phi) is 3.24. The van der Waals surface area contributed by atoms with Crippen molar-refractivity contribution < 1.29 is 9.84 Å². The van der Waals surface area contributed by atoms with Gasteiger partial charge in [0.2, 0.25) is 0 Å². The summed E-state index contributed by atoms with van der Waals surface area (Å²) in [5.41, 5.74) is 1.32. The molecule has 0 radical (unpaired) electrons. The summed E-state index contributed by atoms with van der Waals surface area (Å²) in [6.07, 6.45) is 2.09. The second-order valence-corrected chi connectivity index (χ2v) is 6.40. The Labute approximate surface area is 109 Å². The molecule has 1 aliphatic heterocycles. The summed E-state index contributed by atoms with van der Waals surface area (Å²) in [6.45, 7) is 10.2. The van der Waals surface area contributed by atoms with Crippen LogP contribution in [0.5, 0.6) is 0 Å². The predicted octanol–water partition coefficient (Wildman–Crippen LogP) is 3.02. The molecule has 0 saturated carbocycles. The lowest BCUT2D eigenvalue weighted by molar-refractivity contribution is -0.0881. The molecular formula is C15H23NO2. The van der Waals surface area contributed by atoms with Gasteiger partial charge in [-0.15, -0.1) is 0 Å². The zero-order chi connectivity index (χ0) is 13.6. The summed E-state index contributed by atoms with van der Waals surface area (Å²) < 4.78 is 6.05. The summed E-state index contributed by atoms with van der Waals surface area (Å²) in [4.78, 5) is 4.25. The van der Waals surface area contributed by atoms with Crippen molar-refractivity contribution in [2.45, 2.75) is 58.3 Å². The molecule has 0 spiro atoms. The van der Waals surface area contributed by atoms with Crippen molar-refractivity contribution in [3.05, 3.63) is 29.6 Å². The molecule has 1 aromatic rings. The summed E-state index contributed by atoms with van der Waals surface area (Å²) in [7, 11) is 0. The van der Waals surface area contributed by atoms with Crippen molar-refractivity contribution in [1.82, 2.24) is 4.98 Å². The van der Waals surface area contributed by atoms with Crippen LogP contribution in [-0.2, 0) is 4.74 Å². The number of pyridine rings is 1. The number of aryl methyl sites for hydroxylation is 1. The van der Waals surface area contributed by atoms with Gasteiger partial charge in [0.25, 0.3) is 0 Å². The van der Waals surface area contributed by atoms with Gasteiger partial charge >= 0.3 is 0 Å². The summed E-state index contributed by atoms with van der Waals surface area (Å²) in [5.74, 6) is 0.0930. The van der Waals surface area contributed by atoms with Crippen molar-refractivity contribution in [2.24, 2.45) is 5.92 Å². The van der Waals surface area contributed by atoms with Crippen molar-refractivity contribution in [3.8, 4) is 0 Å². The minimum Gasteiger partial charge on any atom is -0.388 e. The molecule has 1 fully saturated rings. The number of rotatable bonds is 2. The van der Waals surface area contributed by atoms with Crippen LogP contribution in [0, 0.1) is 12.8 Å². The molecule has 1 saturated heterocycles. The van der Waals surface area contributed by atoms with E-state index in [1.165, 1.54) is 0 Å². The minimum atomic E-state index is -0.518. The Hall–Kier alpha value is -0.930. The maximum absolute atomic E-state index is 10.6. The molecule has 2 atom stereocenters. The third-order valence-corrected chi connectivity index (χ3v) is 3.89. The van der Waals surface area contributed by atoms with Crippen LogP contribution < -0.4 is 0 Å². The minimum absolute atomic E-state index is 0.0930. The average Bonchev–Trinajstić information content (AvgIpc) is 2.46. The van der Waals surface area contributed by atoms with E-state index in [2.05, 4.69) is 32.7 Å². The number of nitrogens with zero attached hydrogens (tertiary/aromatic N) is 1. The number of hydrogen-bond donors (Lipinski definition) is 1. The number of ether oxygens (including phenoxy) is 1. The van der Waals surface area contributed by atoms with Crippen molar-refractivity contribution in [3.63, 3.8) is 0 Å². The molecule has 2 heterocycles. The Morgan fingerprint density at radius 1 is 1.39 bits per heavy atom. The van der Waals surface area contributed by atoms with E-state index in [4.69, 9.17) is 4.74 Å². The first kappa shape index (κ1) is 13.5. The van der Waals surface area contributed by atoms with Crippen LogP contribution in [0.4, 0.5) is 0 Å². The van der Waals surface area contributed by atoms with Crippen LogP contribution >= 0.6 is 0 Å². The fraction of sp³-hybridized carbons (Fsp3) is 0.667. The molecule has 0 amide bonds. The maximum atomic E-state index is 10.6. The molecule has 100 valence electrons. The van der Waals surface area contributed by atoms with Gasteiger partial charge in [-0.05, 0) is 47.1 Å². The van der Waals surface area contributed by atoms with Gasteiger partial charge in [-0.3, -0.25) is 4.98 Å². The van der Waals surface area contributed by atoms with Gasteiger partial charge in [-0.25, -0.2) is 0 Å². The van der Waals surface area contributed by atoms with Crippen LogP contribution in [0.25, 0.3) is 0 Å². The van der Waals surface area contributed by atoms with E-state index in [0.717, 1.165) is 17.7 Å². The largest absolute Gasteiger partial charge is 0.388 e. The highest BCUT2D eigenvalue weighted by atomic mass is 16.5. The maximum Gasteiger partial charge on any atom is 0.0864 e. The lowest BCUT2D eigenvalue weighted by Gasteiger charge is -2.30. The first-order chi connectivity index (χ1) is 8.23. The highest BCUT2D eigenvalue weighted by Gasteiger charge is 2.49. The summed E-state index contributed by atoms with van der Waals surface area (Å²) in [5, 5.41) is 10.6. The SMILES string of the molecule is Cc1ncccc1C(O)C1CC(C)(C)OC1(C)C. The molecule has 0 bridgehead atoms. The van der Waals surface area contributed by atoms with Gasteiger partial charge in [0, 0.05) is 23.4 Å². The van der Waals surface area contributed by atoms with Gasteiger partial charge in [0.05, 0.1) is 17.3 Å². The van der Waals surface area contributed by atoms with Gasteiger partial charge < -0.3 is 9.84 Å². The van der Waals surface area contributed by atoms with E-state index in [-0.39, 0.29) is 17.1 Å². The van der Waals surface area contributed by atoms with Gasteiger partial charge in [-0.2, -0.15) is 0 Å². The van der Waals surface area contributed by atoms with Crippen LogP contribution in [0.3, 0.4) is 0 Å². The van der Waals surface area contributed by atoms with E-state index >= 15 is 0 Å². The molecule has 1 aromatic heterocycles. The number of hydrogen-bond acceptors (Lipinski definition) is 3. The average molecular weight is 249 g/mol. The molecule has 2 rings (SSSR count). The number of aromatic nitrogens is 1. The smallest absolute Gasteiger partial charge is 0.0864 e. The third-order valence-electron chi connectivity index (χ3n) is 3.89. The quantitative estimate of drug-likeness (QED) is 0.876. The highest BCUT2D eigenvalue weighted by Crippen LogP contribution is 2.47. The normalized spacial score (nSPS) is 27.1. The standard InChI is InChI=1S/C15H23NO2/c1-10-11(7-6-8-16-10)13(17)12-9-14(2,3)18-15(12,4)5/h6-8,12-13,17H,9H2,1-5H3. The van der Waals surface area contributed by atoms with Crippen LogP contribution in [0.2, 0.25) is 0 Å². The molecule has 18 heavy (non-hydrogen) atoms. The van der Waals surface area contributed by atoms with Crippen molar-refractivity contribution in [1.29, 1.82) is 0 Å². The molecule has 1 aliphatic rings. The Bertz CT molecular complexity index is 440. The second kappa shape index (κ2) is 4.32. The van der Waals surface area contributed by atoms with E-state index in [0.29, 0.717) is 0 Å². The Morgan fingerprint density at radius 2 is 2.06 bits per heavy atom. The monoisotopic (exact) mass is 249 g/mol. The fourth-order valence-corrected chi connectivity index (χ4v) is 3.12. The van der Waals surface area contributed by atoms with E-state index in [9.17, 15) is 5.11 Å². The molecule has 3 nitrogen and oxygen atoms in total. The topological polar surface area (TPSA) is 42.4 Å². The number of aliphatic hydroxyl groups excluding tert-OH is 1. The molecule has 2 unspecified atom stereocenters. The van der Waals surface area contributed by atoms with Crippen molar-refractivity contribution >= 4 is 0 Å². The van der Waals surface area contributed by atoms with Gasteiger partial charge in [0.1, 0.15) is 0 Å². The lowest BCUT2D eigenvalue weighted by Crippen LogP contribution is -2.33. The zero-order valence-corrected chi connectivity index (χ0v) is 11.9. The molecular weight excluding hydrogens is 226 g/mol. The van der Waals surface area contributed by atoms with Crippen LogP contribution in [-0.4, -0.2) is 21.3 Å².